The van der Waals surface area contributed by atoms with Gasteiger partial charge in [-0.25, -0.2) is 0 Å². The summed E-state index contributed by atoms with van der Waals surface area (Å²) in [6.45, 7) is 0. The van der Waals surface area contributed by atoms with Crippen molar-refractivity contribution in [3.63, 3.8) is 0 Å². The van der Waals surface area contributed by atoms with E-state index in [1.807, 2.05) is 6.07 Å². The predicted octanol–water partition coefficient (Wildman–Crippen LogP) is 3.51. The van der Waals surface area contributed by atoms with Gasteiger partial charge in [0.15, 0.2) is 5.78 Å². The largest absolute Gasteiger partial charge is 0.398 e. The van der Waals surface area contributed by atoms with Gasteiger partial charge in [-0.1, -0.05) is 11.6 Å². The zero-order valence-corrected chi connectivity index (χ0v) is 11.7. The zero-order chi connectivity index (χ0) is 13.1. The average Bonchev–Trinajstić information content (AvgIpc) is 2.35. The topological polar surface area (TPSA) is 56.0 Å². The van der Waals surface area contributed by atoms with Crippen LogP contribution in [0.15, 0.2) is 41.0 Å². The molecular weight excluding hydrogens is 316 g/mol. The van der Waals surface area contributed by atoms with Crippen LogP contribution in [0.4, 0.5) is 5.69 Å². The van der Waals surface area contributed by atoms with Gasteiger partial charge in [0.2, 0.25) is 0 Å². The second-order valence-corrected chi connectivity index (χ2v) is 5.13. The van der Waals surface area contributed by atoms with Crippen LogP contribution in [0.1, 0.15) is 16.1 Å². The number of hydrogen-bond donors (Lipinski definition) is 1. The molecule has 0 radical (unpaired) electrons. The fourth-order valence-electron chi connectivity index (χ4n) is 1.48. The predicted molar refractivity (Wildman–Crippen MR) is 75.8 cm³/mol. The molecule has 5 heteroatoms. The highest BCUT2D eigenvalue weighted by molar-refractivity contribution is 9.10. The molecule has 2 N–H and O–H groups in total. The Labute approximate surface area is 118 Å². The van der Waals surface area contributed by atoms with Gasteiger partial charge in [0.05, 0.1) is 17.1 Å². The van der Waals surface area contributed by atoms with E-state index >= 15 is 0 Å². The van der Waals surface area contributed by atoms with Gasteiger partial charge < -0.3 is 5.73 Å². The average molecular weight is 326 g/mol. The summed E-state index contributed by atoms with van der Waals surface area (Å²) in [6, 6.07) is 8.54. The third-order valence-corrected chi connectivity index (χ3v) is 3.25. The summed E-state index contributed by atoms with van der Waals surface area (Å²) >= 11 is 9.18. The lowest BCUT2D eigenvalue weighted by Gasteiger charge is -2.03. The van der Waals surface area contributed by atoms with E-state index in [-0.39, 0.29) is 12.2 Å². The maximum Gasteiger partial charge on any atom is 0.168 e. The normalized spacial score (nSPS) is 10.3. The Hall–Kier alpha value is -1.39. The van der Waals surface area contributed by atoms with Gasteiger partial charge >= 0.3 is 0 Å². The van der Waals surface area contributed by atoms with Crippen LogP contribution in [0.3, 0.4) is 0 Å². The fraction of sp³-hybridized carbons (Fsp3) is 0.0769. The number of anilines is 1. The van der Waals surface area contributed by atoms with Crippen molar-refractivity contribution in [3.05, 3.63) is 57.3 Å². The summed E-state index contributed by atoms with van der Waals surface area (Å²) in [5.74, 6) is -0.0354. The molecule has 0 bridgehead atoms. The molecule has 0 aliphatic carbocycles. The number of carbonyl (C=O) groups is 1. The number of aromatic nitrogens is 1. The molecule has 0 unspecified atom stereocenters. The zero-order valence-electron chi connectivity index (χ0n) is 9.36. The van der Waals surface area contributed by atoms with Crippen molar-refractivity contribution in [2.24, 2.45) is 0 Å². The number of hydrogen-bond acceptors (Lipinski definition) is 3. The number of nitrogens with zero attached hydrogens (tertiary/aromatic N) is 1. The molecule has 1 aromatic heterocycles. The Morgan fingerprint density at radius 2 is 2.11 bits per heavy atom. The van der Waals surface area contributed by atoms with Crippen molar-refractivity contribution in [2.45, 2.75) is 6.42 Å². The fourth-order valence-corrected chi connectivity index (χ4v) is 1.89. The van der Waals surface area contributed by atoms with Crippen molar-refractivity contribution in [2.75, 3.05) is 5.73 Å². The minimum Gasteiger partial charge on any atom is -0.398 e. The number of ketones is 1. The molecule has 92 valence electrons. The minimum atomic E-state index is -0.0354. The summed E-state index contributed by atoms with van der Waals surface area (Å²) in [5.41, 5.74) is 7.32. The number of Topliss-reactive ketones (excluding diaryl/α,β-unsaturated/α-hetero) is 1. The minimum absolute atomic E-state index is 0.0354. The molecule has 18 heavy (non-hydrogen) atoms. The monoisotopic (exact) mass is 324 g/mol. The van der Waals surface area contributed by atoms with Crippen molar-refractivity contribution in [1.82, 2.24) is 4.98 Å². The second-order valence-electron chi connectivity index (χ2n) is 3.80. The van der Waals surface area contributed by atoms with Gasteiger partial charge in [0.25, 0.3) is 0 Å². The van der Waals surface area contributed by atoms with E-state index in [1.165, 1.54) is 0 Å². The maximum atomic E-state index is 12.0. The molecule has 2 rings (SSSR count). The van der Waals surface area contributed by atoms with E-state index in [9.17, 15) is 4.79 Å². The third-order valence-electron chi connectivity index (χ3n) is 2.45. The maximum absolute atomic E-state index is 12.0. The second kappa shape index (κ2) is 5.50. The number of carbonyl (C=O) groups excluding carboxylic acids is 1. The Morgan fingerprint density at radius 3 is 2.72 bits per heavy atom. The van der Waals surface area contributed by atoms with Crippen molar-refractivity contribution < 1.29 is 4.79 Å². The van der Waals surface area contributed by atoms with E-state index in [0.717, 1.165) is 10.2 Å². The Balaban J connectivity index is 2.16. The summed E-state index contributed by atoms with van der Waals surface area (Å²) in [5, 5.41) is 0.393. The quantitative estimate of drug-likeness (QED) is 0.694. The number of nitrogens with two attached hydrogens (primary N) is 1. The van der Waals surface area contributed by atoms with Crippen molar-refractivity contribution in [3.8, 4) is 0 Å². The Bertz CT molecular complexity index is 584. The summed E-state index contributed by atoms with van der Waals surface area (Å²) in [4.78, 5) is 16.2. The van der Waals surface area contributed by atoms with Crippen LogP contribution in [-0.2, 0) is 6.42 Å². The molecule has 2 aromatic rings. The van der Waals surface area contributed by atoms with E-state index in [0.29, 0.717) is 16.3 Å². The first kappa shape index (κ1) is 13.1. The van der Waals surface area contributed by atoms with Crippen LogP contribution in [0.5, 0.6) is 0 Å². The van der Waals surface area contributed by atoms with Crippen LogP contribution in [-0.4, -0.2) is 10.8 Å². The van der Waals surface area contributed by atoms with Crippen LogP contribution in [0.2, 0.25) is 5.02 Å². The molecule has 0 aliphatic heterocycles. The SMILES string of the molecule is Nc1ccc(C(=O)Cc2ccc(Br)cn2)cc1Cl. The number of rotatable bonds is 3. The van der Waals surface area contributed by atoms with Crippen LogP contribution in [0.25, 0.3) is 0 Å². The molecule has 0 saturated carbocycles. The molecule has 0 atom stereocenters. The highest BCUT2D eigenvalue weighted by Gasteiger charge is 2.09. The highest BCUT2D eigenvalue weighted by Crippen LogP contribution is 2.20. The number of halogens is 2. The number of benzene rings is 1. The number of nitrogen functional groups attached to an aromatic ring is 1. The molecule has 0 amide bonds. The lowest BCUT2D eigenvalue weighted by Crippen LogP contribution is -2.05. The van der Waals surface area contributed by atoms with Gasteiger partial charge in [0.1, 0.15) is 0 Å². The van der Waals surface area contributed by atoms with E-state index in [4.69, 9.17) is 17.3 Å². The van der Waals surface area contributed by atoms with E-state index in [2.05, 4.69) is 20.9 Å². The van der Waals surface area contributed by atoms with E-state index < -0.39 is 0 Å². The molecule has 1 heterocycles. The molecule has 1 aromatic carbocycles. The van der Waals surface area contributed by atoms with Gasteiger partial charge in [-0.05, 0) is 46.3 Å². The van der Waals surface area contributed by atoms with Crippen LogP contribution < -0.4 is 5.73 Å². The van der Waals surface area contributed by atoms with Gasteiger partial charge in [-0.15, -0.1) is 0 Å². The van der Waals surface area contributed by atoms with Gasteiger partial charge in [-0.2, -0.15) is 0 Å². The lowest BCUT2D eigenvalue weighted by molar-refractivity contribution is 0.0992. The van der Waals surface area contributed by atoms with Crippen molar-refractivity contribution in [1.29, 1.82) is 0 Å². The molecule has 3 nitrogen and oxygen atoms in total. The van der Waals surface area contributed by atoms with Gasteiger partial charge in [0, 0.05) is 21.9 Å². The van der Waals surface area contributed by atoms with Crippen LogP contribution >= 0.6 is 27.5 Å². The standard InChI is InChI=1S/C13H10BrClN2O/c14-9-2-3-10(17-7-9)6-13(18)8-1-4-12(16)11(15)5-8/h1-5,7H,6,16H2. The molecule has 0 fully saturated rings. The van der Waals surface area contributed by atoms with Gasteiger partial charge in [-0.3, -0.25) is 9.78 Å². The molecule has 0 aliphatic rings. The Morgan fingerprint density at radius 1 is 1.33 bits per heavy atom. The third kappa shape index (κ3) is 3.09. The van der Waals surface area contributed by atoms with Crippen LogP contribution in [0, 0.1) is 0 Å². The Kier molecular flexibility index (Phi) is 3.99. The first-order valence-corrected chi connectivity index (χ1v) is 6.42. The summed E-state index contributed by atoms with van der Waals surface area (Å²) in [7, 11) is 0. The van der Waals surface area contributed by atoms with E-state index in [1.54, 1.807) is 30.5 Å². The molecule has 0 spiro atoms. The molecular formula is C13H10BrClN2O. The summed E-state index contributed by atoms with van der Waals surface area (Å²) < 4.78 is 0.884. The summed E-state index contributed by atoms with van der Waals surface area (Å²) in [6.07, 6.45) is 1.91. The highest BCUT2D eigenvalue weighted by atomic mass is 79.9. The smallest absolute Gasteiger partial charge is 0.168 e. The lowest BCUT2D eigenvalue weighted by atomic mass is 10.1. The molecule has 0 saturated heterocycles. The first-order chi connectivity index (χ1) is 8.56. The number of pyridine rings is 1. The first-order valence-electron chi connectivity index (χ1n) is 5.25. The van der Waals surface area contributed by atoms with Crippen molar-refractivity contribution >= 4 is 39.0 Å².